The summed E-state index contributed by atoms with van der Waals surface area (Å²) in [5, 5.41) is 17.3. The minimum absolute atomic E-state index is 0.0622. The normalized spacial score (nSPS) is 29.2. The third-order valence-corrected chi connectivity index (χ3v) is 8.58. The highest BCUT2D eigenvalue weighted by molar-refractivity contribution is 6.39. The van der Waals surface area contributed by atoms with Crippen molar-refractivity contribution < 1.29 is 42.9 Å². The predicted molar refractivity (Wildman–Crippen MR) is 184 cm³/mol. The molecule has 2 amide bonds. The third-order valence-electron chi connectivity index (χ3n) is 8.58. The predicted octanol–water partition coefficient (Wildman–Crippen LogP) is 3.03. The minimum atomic E-state index is -1.01. The van der Waals surface area contributed by atoms with Crippen LogP contribution in [0.25, 0.3) is 5.57 Å². The van der Waals surface area contributed by atoms with Gasteiger partial charge in [0, 0.05) is 44.4 Å². The maximum Gasteiger partial charge on any atom is 0.405 e. The Kier molecular flexibility index (Phi) is 14.3. The van der Waals surface area contributed by atoms with Crippen LogP contribution < -0.4 is 16.4 Å². The molecule has 0 saturated carbocycles. The fraction of sp³-hybridized carbons (Fsp3) is 0.500. The number of ketones is 2. The van der Waals surface area contributed by atoms with E-state index < -0.39 is 53.9 Å². The van der Waals surface area contributed by atoms with E-state index in [0.717, 1.165) is 0 Å². The maximum absolute atomic E-state index is 14.4. The zero-order valence-corrected chi connectivity index (χ0v) is 29.6. The number of aliphatic hydroxyl groups excluding tert-OH is 1. The Morgan fingerprint density at radius 3 is 2.45 bits per heavy atom. The van der Waals surface area contributed by atoms with E-state index in [0.29, 0.717) is 25.1 Å². The van der Waals surface area contributed by atoms with Crippen LogP contribution in [0, 0.1) is 11.8 Å². The maximum atomic E-state index is 14.4. The molecule has 0 unspecified atom stereocenters. The molecule has 0 radical (unpaired) electrons. The number of primary amides is 1. The van der Waals surface area contributed by atoms with Crippen molar-refractivity contribution in [1.29, 1.82) is 0 Å². The van der Waals surface area contributed by atoms with Gasteiger partial charge in [-0.3, -0.25) is 14.4 Å². The molecule has 2 bridgehead atoms. The molecule has 5 N–H and O–H groups in total. The summed E-state index contributed by atoms with van der Waals surface area (Å²) in [6.45, 7) is 7.97. The number of methoxy groups -OCH3 is 2. The standard InChI is InChI=1S/C36H50N4O9/c1-20-17-24-29(38-14-15-40(5)6)33(43)28(25-13-10-16-48-25)30(32(24)42)39-35(44)21(2)11-9-12-26(46-7)34(49-36(37)45)23(4)19-22(3)31(41)27(18-20)47-8/h9-13,16,19-20,22,26-27,31,34,38,41H,14-15,17-18H2,1-8H3,(H2,37,45)(H,39,44)/b12-9-,21-11-,23-19-/t20-,22+,26+,27+,31-,34+/m1/s1. The van der Waals surface area contributed by atoms with Crippen LogP contribution in [0.5, 0.6) is 0 Å². The number of hydrogen-bond donors (Lipinski definition) is 4. The van der Waals surface area contributed by atoms with Gasteiger partial charge >= 0.3 is 6.09 Å². The first-order valence-electron chi connectivity index (χ1n) is 16.2. The lowest BCUT2D eigenvalue weighted by Crippen LogP contribution is -2.40. The van der Waals surface area contributed by atoms with E-state index in [-0.39, 0.29) is 46.2 Å². The van der Waals surface area contributed by atoms with Gasteiger partial charge < -0.3 is 45.0 Å². The lowest BCUT2D eigenvalue weighted by molar-refractivity contribution is -0.120. The first-order valence-corrected chi connectivity index (χ1v) is 16.2. The summed E-state index contributed by atoms with van der Waals surface area (Å²) in [5.41, 5.74) is 6.28. The molecule has 13 heteroatoms. The first-order chi connectivity index (χ1) is 23.2. The van der Waals surface area contributed by atoms with Gasteiger partial charge in [-0.1, -0.05) is 38.2 Å². The Morgan fingerprint density at radius 2 is 1.86 bits per heavy atom. The van der Waals surface area contributed by atoms with E-state index in [1.807, 2.05) is 32.8 Å². The molecule has 1 aliphatic heterocycles. The molecule has 13 nitrogen and oxygen atoms in total. The van der Waals surface area contributed by atoms with E-state index in [1.165, 1.54) is 26.6 Å². The van der Waals surface area contributed by atoms with Gasteiger partial charge in [-0.2, -0.15) is 0 Å². The number of hydrogen-bond acceptors (Lipinski definition) is 11. The summed E-state index contributed by atoms with van der Waals surface area (Å²) in [6.07, 6.45) is 3.87. The number of furan rings is 1. The van der Waals surface area contributed by atoms with Gasteiger partial charge in [0.25, 0.3) is 5.91 Å². The van der Waals surface area contributed by atoms with E-state index in [9.17, 15) is 24.3 Å². The van der Waals surface area contributed by atoms with Crippen molar-refractivity contribution in [2.24, 2.45) is 17.6 Å². The van der Waals surface area contributed by atoms with Gasteiger partial charge in [0.1, 0.15) is 17.6 Å². The molecular weight excluding hydrogens is 632 g/mol. The molecule has 0 saturated heterocycles. The monoisotopic (exact) mass is 682 g/mol. The largest absolute Gasteiger partial charge is 0.464 e. The summed E-state index contributed by atoms with van der Waals surface area (Å²) >= 11 is 0. The summed E-state index contributed by atoms with van der Waals surface area (Å²) < 4.78 is 22.3. The second-order valence-electron chi connectivity index (χ2n) is 12.8. The minimum Gasteiger partial charge on any atom is -0.464 e. The number of likely N-dealkylation sites (N-methyl/N-ethyl adjacent to an activating group) is 1. The van der Waals surface area contributed by atoms with E-state index >= 15 is 0 Å². The molecule has 1 aromatic heterocycles. The van der Waals surface area contributed by atoms with E-state index in [1.54, 1.807) is 44.2 Å². The van der Waals surface area contributed by atoms with Crippen LogP contribution in [-0.2, 0) is 28.6 Å². The number of nitrogens with two attached hydrogens (primary N) is 1. The van der Waals surface area contributed by atoms with Crippen molar-refractivity contribution in [1.82, 2.24) is 15.5 Å². The third kappa shape index (κ3) is 10.1. The highest BCUT2D eigenvalue weighted by Crippen LogP contribution is 2.34. The number of carbonyl (C=O) groups is 4. The number of ether oxygens (including phenoxy) is 3. The second kappa shape index (κ2) is 17.9. The Morgan fingerprint density at radius 1 is 1.14 bits per heavy atom. The highest BCUT2D eigenvalue weighted by atomic mass is 16.6. The number of rotatable bonds is 8. The second-order valence-corrected chi connectivity index (χ2v) is 12.8. The van der Waals surface area contributed by atoms with Crippen LogP contribution in [0.4, 0.5) is 4.79 Å². The van der Waals surface area contributed by atoms with Crippen molar-refractivity contribution >= 4 is 29.1 Å². The molecule has 2 heterocycles. The summed E-state index contributed by atoms with van der Waals surface area (Å²) in [4.78, 5) is 55.9. The molecule has 3 rings (SSSR count). The van der Waals surface area contributed by atoms with Crippen LogP contribution >= 0.6 is 0 Å². The van der Waals surface area contributed by atoms with Crippen LogP contribution in [0.1, 0.15) is 46.3 Å². The lowest BCUT2D eigenvalue weighted by Gasteiger charge is -2.30. The number of amides is 2. The van der Waals surface area contributed by atoms with Crippen LogP contribution in [-0.4, -0.2) is 99.4 Å². The van der Waals surface area contributed by atoms with Gasteiger partial charge in [0.2, 0.25) is 11.6 Å². The van der Waals surface area contributed by atoms with Crippen molar-refractivity contribution in [3.63, 3.8) is 0 Å². The molecule has 1 aliphatic carbocycles. The molecule has 2 aliphatic rings. The van der Waals surface area contributed by atoms with Crippen molar-refractivity contribution in [3.8, 4) is 0 Å². The average Bonchev–Trinajstić information content (AvgIpc) is 3.58. The number of nitrogens with zero attached hydrogens (tertiary/aromatic N) is 1. The van der Waals surface area contributed by atoms with Crippen LogP contribution in [0.15, 0.2) is 75.2 Å². The van der Waals surface area contributed by atoms with Gasteiger partial charge in [0.05, 0.1) is 29.7 Å². The number of nitrogens with one attached hydrogen (secondary N) is 2. The zero-order valence-electron chi connectivity index (χ0n) is 29.6. The molecule has 0 spiro atoms. The molecule has 49 heavy (non-hydrogen) atoms. The van der Waals surface area contributed by atoms with Gasteiger partial charge in [-0.05, 0) is 64.4 Å². The summed E-state index contributed by atoms with van der Waals surface area (Å²) in [7, 11) is 6.72. The Bertz CT molecular complexity index is 1520. The fourth-order valence-electron chi connectivity index (χ4n) is 5.91. The van der Waals surface area contributed by atoms with Gasteiger partial charge in [-0.15, -0.1) is 0 Å². The number of fused-ring (bicyclic) bond motifs is 2. The van der Waals surface area contributed by atoms with Gasteiger partial charge in [-0.25, -0.2) is 4.79 Å². The molecule has 1 aromatic rings. The topological polar surface area (TPSA) is 183 Å². The van der Waals surface area contributed by atoms with Crippen molar-refractivity contribution in [2.75, 3.05) is 41.4 Å². The van der Waals surface area contributed by atoms with Crippen molar-refractivity contribution in [2.45, 2.75) is 65.0 Å². The zero-order chi connectivity index (χ0) is 36.4. The number of aliphatic hydroxyl groups is 1. The number of carbonyl (C=O) groups excluding carboxylic acids is 4. The van der Waals surface area contributed by atoms with Crippen LogP contribution in [0.2, 0.25) is 0 Å². The van der Waals surface area contributed by atoms with E-state index in [2.05, 4.69) is 10.6 Å². The van der Waals surface area contributed by atoms with Gasteiger partial charge in [0.15, 0.2) is 6.10 Å². The van der Waals surface area contributed by atoms with Crippen LogP contribution in [0.3, 0.4) is 0 Å². The number of allylic oxidation sites excluding steroid dienone is 4. The Labute approximate surface area is 287 Å². The Balaban J connectivity index is 2.20. The first kappa shape index (κ1) is 39.1. The van der Waals surface area contributed by atoms with E-state index in [4.69, 9.17) is 24.4 Å². The summed E-state index contributed by atoms with van der Waals surface area (Å²) in [5.74, 6) is -2.21. The molecule has 268 valence electrons. The fourth-order valence-corrected chi connectivity index (χ4v) is 5.91. The molecule has 0 fully saturated rings. The average molecular weight is 683 g/mol. The van der Waals surface area contributed by atoms with Crippen molar-refractivity contribution in [3.05, 3.63) is 76.6 Å². The lowest BCUT2D eigenvalue weighted by atomic mass is 9.82. The Hall–Kier alpha value is -4.30. The number of Topliss-reactive ketones (excluding diaryl/α,β-unsaturated/α-hetero) is 2. The molecule has 0 aromatic carbocycles. The summed E-state index contributed by atoms with van der Waals surface area (Å²) in [6, 6.07) is 3.15. The smallest absolute Gasteiger partial charge is 0.405 e. The molecule has 6 atom stereocenters. The highest BCUT2D eigenvalue weighted by Gasteiger charge is 2.39. The molecular formula is C36H50N4O9. The quantitative estimate of drug-likeness (QED) is 0.234. The SMILES string of the molecule is CO[C@H]1/C=C\C=C(\C)C(=O)NC2=C(c3ccco3)C(=O)C(NCCN(C)C)=C(C[C@@H](C)C[C@H](OC)[C@H](O)[C@@H](C)/C=C(/C)[C@@H]1OC(N)=O)C2=O.